The molecular weight excluding hydrogens is 348 g/mol. The normalized spacial score (nSPS) is 19.0. The molecule has 1 aliphatic heterocycles. The van der Waals surface area contributed by atoms with E-state index in [9.17, 15) is 9.59 Å². The molecular formula is C19H18N4O2S. The first-order valence-electron chi connectivity index (χ1n) is 8.35. The van der Waals surface area contributed by atoms with E-state index < -0.39 is 4.75 Å². The number of nitrogens with one attached hydrogen (secondary N) is 2. The Morgan fingerprint density at radius 3 is 2.88 bits per heavy atom. The van der Waals surface area contributed by atoms with Crippen molar-refractivity contribution in [3.8, 4) is 0 Å². The third kappa shape index (κ3) is 2.84. The van der Waals surface area contributed by atoms with Gasteiger partial charge in [-0.05, 0) is 31.2 Å². The maximum absolute atomic E-state index is 12.7. The van der Waals surface area contributed by atoms with Gasteiger partial charge in [-0.25, -0.2) is 4.98 Å². The van der Waals surface area contributed by atoms with Crippen LogP contribution < -0.4 is 10.6 Å². The number of carbonyl (C=O) groups is 2. The maximum atomic E-state index is 12.7. The molecule has 2 aromatic carbocycles. The number of nitrogens with zero attached hydrogens (tertiary/aromatic N) is 2. The summed E-state index contributed by atoms with van der Waals surface area (Å²) >= 11 is 1.28. The first-order chi connectivity index (χ1) is 12.6. The Balaban J connectivity index is 1.44. The highest BCUT2D eigenvalue weighted by molar-refractivity contribution is 8.02. The van der Waals surface area contributed by atoms with E-state index in [2.05, 4.69) is 15.6 Å². The predicted octanol–water partition coefficient (Wildman–Crippen LogP) is 2.66. The summed E-state index contributed by atoms with van der Waals surface area (Å²) in [5.41, 5.74) is 2.69. The smallest absolute Gasteiger partial charge is 0.250 e. The van der Waals surface area contributed by atoms with E-state index in [0.717, 1.165) is 21.6 Å². The van der Waals surface area contributed by atoms with Crippen LogP contribution in [-0.4, -0.2) is 32.7 Å². The van der Waals surface area contributed by atoms with E-state index in [1.165, 1.54) is 11.8 Å². The lowest BCUT2D eigenvalue weighted by Crippen LogP contribution is -2.52. The van der Waals surface area contributed by atoms with Crippen LogP contribution in [0.2, 0.25) is 0 Å². The number of hydrogen-bond acceptors (Lipinski definition) is 4. The van der Waals surface area contributed by atoms with Crippen molar-refractivity contribution in [2.75, 3.05) is 11.9 Å². The number of benzene rings is 2. The summed E-state index contributed by atoms with van der Waals surface area (Å²) in [6.45, 7) is 2.67. The molecule has 3 aromatic rings. The first-order valence-corrected chi connectivity index (χ1v) is 9.17. The zero-order valence-electron chi connectivity index (χ0n) is 14.2. The standard InChI is InChI=1S/C19H18N4O2S/c1-19(18(25)22-14-7-3-5-9-16(14)26-19)17(24)20-10-11-23-12-21-13-6-2-4-8-15(13)23/h2-9,12H,10-11H2,1H3,(H,20,24)(H,22,25). The van der Waals surface area contributed by atoms with E-state index in [-0.39, 0.29) is 11.8 Å². The quantitative estimate of drug-likeness (QED) is 0.696. The molecule has 7 heteroatoms. The van der Waals surface area contributed by atoms with Gasteiger partial charge >= 0.3 is 0 Å². The molecule has 0 radical (unpaired) electrons. The molecule has 0 bridgehead atoms. The molecule has 2 amide bonds. The number of hydrogen-bond donors (Lipinski definition) is 2. The minimum absolute atomic E-state index is 0.293. The van der Waals surface area contributed by atoms with Crippen LogP contribution in [0, 0.1) is 0 Å². The molecule has 1 aromatic heterocycles. The second-order valence-electron chi connectivity index (χ2n) is 6.27. The Labute approximate surface area is 155 Å². The van der Waals surface area contributed by atoms with Gasteiger partial charge in [-0.3, -0.25) is 9.59 Å². The SMILES string of the molecule is CC1(C(=O)NCCn2cnc3ccccc32)Sc2ccccc2NC1=O. The average molecular weight is 366 g/mol. The van der Waals surface area contributed by atoms with Crippen molar-refractivity contribution in [1.29, 1.82) is 0 Å². The summed E-state index contributed by atoms with van der Waals surface area (Å²) in [7, 11) is 0. The van der Waals surface area contributed by atoms with Gasteiger partial charge in [-0.2, -0.15) is 0 Å². The lowest BCUT2D eigenvalue weighted by Gasteiger charge is -2.31. The third-order valence-electron chi connectivity index (χ3n) is 4.48. The summed E-state index contributed by atoms with van der Waals surface area (Å²) in [4.78, 5) is 30.4. The van der Waals surface area contributed by atoms with Crippen LogP contribution in [-0.2, 0) is 16.1 Å². The van der Waals surface area contributed by atoms with Crippen molar-refractivity contribution in [2.45, 2.75) is 23.1 Å². The number of anilines is 1. The fraction of sp³-hybridized carbons (Fsp3) is 0.211. The number of thioether (sulfide) groups is 1. The van der Waals surface area contributed by atoms with Crippen LogP contribution in [0.25, 0.3) is 11.0 Å². The number of carbonyl (C=O) groups excluding carboxylic acids is 2. The molecule has 1 aliphatic rings. The fourth-order valence-electron chi connectivity index (χ4n) is 2.96. The lowest BCUT2D eigenvalue weighted by atomic mass is 10.1. The predicted molar refractivity (Wildman–Crippen MR) is 102 cm³/mol. The summed E-state index contributed by atoms with van der Waals surface area (Å²) in [6.07, 6.45) is 1.76. The lowest BCUT2D eigenvalue weighted by molar-refractivity contribution is -0.129. The summed E-state index contributed by atoms with van der Waals surface area (Å²) < 4.78 is 0.798. The van der Waals surface area contributed by atoms with E-state index in [1.54, 1.807) is 13.3 Å². The molecule has 0 saturated carbocycles. The Morgan fingerprint density at radius 2 is 2.00 bits per heavy atom. The number of rotatable bonds is 4. The van der Waals surface area contributed by atoms with Crippen LogP contribution in [0.15, 0.2) is 59.8 Å². The van der Waals surface area contributed by atoms with Crippen LogP contribution >= 0.6 is 11.8 Å². The van der Waals surface area contributed by atoms with Gasteiger partial charge in [0.05, 0.1) is 23.0 Å². The van der Waals surface area contributed by atoms with Crippen LogP contribution in [0.5, 0.6) is 0 Å². The molecule has 1 atom stereocenters. The zero-order valence-corrected chi connectivity index (χ0v) is 15.0. The molecule has 0 aliphatic carbocycles. The number of para-hydroxylation sites is 3. The van der Waals surface area contributed by atoms with Crippen LogP contribution in [0.1, 0.15) is 6.92 Å². The molecule has 132 valence electrons. The van der Waals surface area contributed by atoms with Crippen molar-refractivity contribution in [3.63, 3.8) is 0 Å². The largest absolute Gasteiger partial charge is 0.353 e. The molecule has 26 heavy (non-hydrogen) atoms. The van der Waals surface area contributed by atoms with E-state index >= 15 is 0 Å². The molecule has 2 heterocycles. The zero-order chi connectivity index (χ0) is 18.1. The van der Waals surface area contributed by atoms with Gasteiger partial charge in [0.15, 0.2) is 4.75 Å². The van der Waals surface area contributed by atoms with Crippen molar-refractivity contribution in [3.05, 3.63) is 54.9 Å². The van der Waals surface area contributed by atoms with Gasteiger partial charge < -0.3 is 15.2 Å². The number of amides is 2. The van der Waals surface area contributed by atoms with Crippen molar-refractivity contribution in [2.24, 2.45) is 0 Å². The van der Waals surface area contributed by atoms with Gasteiger partial charge in [0, 0.05) is 18.0 Å². The Morgan fingerprint density at radius 1 is 1.23 bits per heavy atom. The third-order valence-corrected chi connectivity index (χ3v) is 5.84. The highest BCUT2D eigenvalue weighted by Crippen LogP contribution is 2.42. The molecule has 1 unspecified atom stereocenters. The summed E-state index contributed by atoms with van der Waals surface area (Å²) in [5.74, 6) is -0.592. The van der Waals surface area contributed by atoms with Gasteiger partial charge in [0.25, 0.3) is 0 Å². The van der Waals surface area contributed by atoms with Crippen LogP contribution in [0.3, 0.4) is 0 Å². The average Bonchev–Trinajstić information content (AvgIpc) is 3.06. The highest BCUT2D eigenvalue weighted by atomic mass is 32.2. The van der Waals surface area contributed by atoms with E-state index in [4.69, 9.17) is 0 Å². The Hall–Kier alpha value is -2.80. The Bertz CT molecular complexity index is 1000. The van der Waals surface area contributed by atoms with Gasteiger partial charge in [0.1, 0.15) is 0 Å². The van der Waals surface area contributed by atoms with E-state index in [1.807, 2.05) is 53.1 Å². The van der Waals surface area contributed by atoms with Gasteiger partial charge in [-0.1, -0.05) is 36.0 Å². The molecule has 2 N–H and O–H groups in total. The Kier molecular flexibility index (Phi) is 4.16. The molecule has 0 fully saturated rings. The number of imidazole rings is 1. The van der Waals surface area contributed by atoms with Gasteiger partial charge in [-0.15, -0.1) is 0 Å². The topological polar surface area (TPSA) is 76.0 Å². The number of aromatic nitrogens is 2. The van der Waals surface area contributed by atoms with Crippen LogP contribution in [0.4, 0.5) is 5.69 Å². The van der Waals surface area contributed by atoms with Gasteiger partial charge in [0.2, 0.25) is 11.8 Å². The summed E-state index contributed by atoms with van der Waals surface area (Å²) in [6, 6.07) is 15.3. The maximum Gasteiger partial charge on any atom is 0.250 e. The van der Waals surface area contributed by atoms with Crippen molar-refractivity contribution < 1.29 is 9.59 Å². The molecule has 4 rings (SSSR count). The fourth-order valence-corrected chi connectivity index (χ4v) is 4.09. The van der Waals surface area contributed by atoms with Crippen molar-refractivity contribution >= 4 is 40.3 Å². The minimum Gasteiger partial charge on any atom is -0.353 e. The molecule has 0 saturated heterocycles. The minimum atomic E-state index is -1.19. The highest BCUT2D eigenvalue weighted by Gasteiger charge is 2.45. The summed E-state index contributed by atoms with van der Waals surface area (Å²) in [5, 5.41) is 5.71. The number of fused-ring (bicyclic) bond motifs is 2. The van der Waals surface area contributed by atoms with Crippen molar-refractivity contribution in [1.82, 2.24) is 14.9 Å². The van der Waals surface area contributed by atoms with E-state index in [0.29, 0.717) is 13.1 Å². The first kappa shape index (κ1) is 16.7. The second-order valence-corrected chi connectivity index (χ2v) is 7.73. The second kappa shape index (κ2) is 6.49. The monoisotopic (exact) mass is 366 g/mol. The molecule has 6 nitrogen and oxygen atoms in total. The molecule has 0 spiro atoms.